The fraction of sp³-hybridized carbons (Fsp3) is 0.219. The minimum atomic E-state index is -0.736. The molecule has 1 saturated heterocycles. The first-order valence-corrected chi connectivity index (χ1v) is 13.8. The number of rotatable bonds is 9. The van der Waals surface area contributed by atoms with Crippen LogP contribution in [-0.4, -0.2) is 51.7 Å². The van der Waals surface area contributed by atoms with Gasteiger partial charge in [-0.25, -0.2) is 8.78 Å². The first-order valence-electron chi connectivity index (χ1n) is 13.8. The lowest BCUT2D eigenvalue weighted by Crippen LogP contribution is -2.34. The van der Waals surface area contributed by atoms with Crippen molar-refractivity contribution in [1.82, 2.24) is 14.5 Å². The number of aliphatic hydroxyl groups is 1. The second kappa shape index (κ2) is 13.4. The van der Waals surface area contributed by atoms with Crippen LogP contribution in [0.15, 0.2) is 84.1 Å². The molecule has 0 saturated carbocycles. The maximum atomic E-state index is 15.2. The third-order valence-electron chi connectivity index (χ3n) is 7.34. The molecule has 1 amide bonds. The number of hydrogen-bond donors (Lipinski definition) is 3. The van der Waals surface area contributed by atoms with Gasteiger partial charge in [0.25, 0.3) is 11.5 Å². The Kier molecular flexibility index (Phi) is 9.23. The van der Waals surface area contributed by atoms with Crippen molar-refractivity contribution in [3.8, 4) is 17.2 Å². The van der Waals surface area contributed by atoms with Gasteiger partial charge in [-0.2, -0.15) is 0 Å². The molecule has 0 unspecified atom stereocenters. The third kappa shape index (κ3) is 6.96. The number of nitrogens with zero attached hydrogens (tertiary/aromatic N) is 3. The molecule has 1 aliphatic heterocycles. The van der Waals surface area contributed by atoms with Crippen LogP contribution in [0.1, 0.15) is 40.4 Å². The third-order valence-corrected chi connectivity index (χ3v) is 7.34. The quantitative estimate of drug-likeness (QED) is 0.260. The lowest BCUT2D eigenvalue weighted by Gasteiger charge is -2.31. The van der Waals surface area contributed by atoms with Crippen molar-refractivity contribution >= 4 is 17.7 Å². The first-order chi connectivity index (χ1) is 20.9. The normalized spacial score (nSPS) is 14.2. The maximum absolute atomic E-state index is 15.2. The Morgan fingerprint density at radius 3 is 2.56 bits per heavy atom. The highest BCUT2D eigenvalue weighted by molar-refractivity contribution is 6.04. The fourth-order valence-corrected chi connectivity index (χ4v) is 5.07. The average molecular weight is 588 g/mol. The Morgan fingerprint density at radius 2 is 1.86 bits per heavy atom. The molecule has 222 valence electrons. The largest absolute Gasteiger partial charge is 0.452 e. The molecule has 4 N–H and O–H groups in total. The van der Waals surface area contributed by atoms with E-state index in [2.05, 4.69) is 15.2 Å². The molecule has 0 bridgehead atoms. The van der Waals surface area contributed by atoms with Crippen LogP contribution >= 0.6 is 0 Å². The monoisotopic (exact) mass is 587 g/mol. The van der Waals surface area contributed by atoms with Gasteiger partial charge in [0.1, 0.15) is 17.1 Å². The Bertz CT molecular complexity index is 1680. The maximum Gasteiger partial charge on any atom is 0.267 e. The fourth-order valence-electron chi connectivity index (χ4n) is 5.07. The van der Waals surface area contributed by atoms with Gasteiger partial charge in [0, 0.05) is 36.4 Å². The van der Waals surface area contributed by atoms with Crippen molar-refractivity contribution in [3.05, 3.63) is 118 Å². The van der Waals surface area contributed by atoms with E-state index in [1.54, 1.807) is 12.3 Å². The van der Waals surface area contributed by atoms with Gasteiger partial charge in [0.05, 0.1) is 6.61 Å². The second-order valence-corrected chi connectivity index (χ2v) is 10.1. The molecule has 0 atom stereocenters. The topological polar surface area (TPSA) is 123 Å². The van der Waals surface area contributed by atoms with Crippen LogP contribution in [-0.2, 0) is 0 Å². The number of piperidine rings is 1. The molecule has 43 heavy (non-hydrogen) atoms. The van der Waals surface area contributed by atoms with Gasteiger partial charge in [0.15, 0.2) is 17.3 Å². The Morgan fingerprint density at radius 1 is 1.09 bits per heavy atom. The number of benzene rings is 2. The molecule has 3 heterocycles. The number of carbonyl (C=O) groups excluding carboxylic acids is 1. The summed E-state index contributed by atoms with van der Waals surface area (Å²) >= 11 is 0. The molecule has 11 heteroatoms. The van der Waals surface area contributed by atoms with Crippen molar-refractivity contribution in [2.45, 2.75) is 18.8 Å². The summed E-state index contributed by atoms with van der Waals surface area (Å²) in [5, 5.41) is 11.7. The van der Waals surface area contributed by atoms with Gasteiger partial charge in [-0.15, -0.1) is 0 Å². The molecule has 5 rings (SSSR count). The van der Waals surface area contributed by atoms with Crippen LogP contribution < -0.4 is 21.3 Å². The van der Waals surface area contributed by atoms with E-state index in [0.717, 1.165) is 37.6 Å². The highest BCUT2D eigenvalue weighted by Crippen LogP contribution is 2.34. The predicted molar refractivity (Wildman–Crippen MR) is 159 cm³/mol. The molecule has 2 aromatic carbocycles. The first kappa shape index (κ1) is 29.6. The summed E-state index contributed by atoms with van der Waals surface area (Å²) in [6, 6.07) is 13.9. The molecule has 1 aliphatic rings. The second-order valence-electron chi connectivity index (χ2n) is 10.1. The van der Waals surface area contributed by atoms with Crippen LogP contribution in [0.4, 0.5) is 14.5 Å². The van der Waals surface area contributed by atoms with E-state index in [0.29, 0.717) is 23.7 Å². The number of likely N-dealkylation sites (tertiary alicyclic amines) is 1. The number of ether oxygens (including phenoxy) is 1. The van der Waals surface area contributed by atoms with E-state index >= 15 is 4.39 Å². The van der Waals surface area contributed by atoms with Crippen LogP contribution in [0.25, 0.3) is 11.8 Å². The number of nitrogens with one attached hydrogen (secondary N) is 1. The lowest BCUT2D eigenvalue weighted by molar-refractivity contribution is 0.102. The number of β-amino-alcohol motifs (C(OH)–C–C–N with tert-alkyl or cyclic N) is 1. The zero-order valence-electron chi connectivity index (χ0n) is 23.2. The Labute approximate surface area is 246 Å². The van der Waals surface area contributed by atoms with Gasteiger partial charge >= 0.3 is 0 Å². The number of halogens is 2. The number of aliphatic hydroxyl groups excluding tert-OH is 1. The highest BCUT2D eigenvalue weighted by atomic mass is 19.1. The van der Waals surface area contributed by atoms with Crippen LogP contribution in [0, 0.1) is 11.6 Å². The molecule has 1 fully saturated rings. The molecular formula is C32H31F2N5O4. The molecule has 4 aromatic rings. The minimum Gasteiger partial charge on any atom is -0.452 e. The lowest BCUT2D eigenvalue weighted by atomic mass is 9.90. The van der Waals surface area contributed by atoms with Crippen LogP contribution in [0.3, 0.4) is 0 Å². The van der Waals surface area contributed by atoms with Crippen LogP contribution in [0.2, 0.25) is 0 Å². The van der Waals surface area contributed by atoms with E-state index in [9.17, 15) is 19.1 Å². The van der Waals surface area contributed by atoms with Gasteiger partial charge in [-0.3, -0.25) is 19.1 Å². The molecular weight excluding hydrogens is 556 g/mol. The zero-order chi connectivity index (χ0) is 30.3. The minimum absolute atomic E-state index is 0.0836. The van der Waals surface area contributed by atoms with Crippen molar-refractivity contribution in [3.63, 3.8) is 0 Å². The molecule has 0 aliphatic carbocycles. The number of hydrogen-bond acceptors (Lipinski definition) is 7. The zero-order valence-corrected chi connectivity index (χ0v) is 23.2. The van der Waals surface area contributed by atoms with Gasteiger partial charge in [-0.1, -0.05) is 0 Å². The number of amides is 1. The summed E-state index contributed by atoms with van der Waals surface area (Å²) in [7, 11) is 0. The average Bonchev–Trinajstić information content (AvgIpc) is 3.00. The van der Waals surface area contributed by atoms with E-state index < -0.39 is 23.1 Å². The summed E-state index contributed by atoms with van der Waals surface area (Å²) in [5.41, 5.74) is 6.72. The number of aromatic nitrogens is 2. The predicted octanol–water partition coefficient (Wildman–Crippen LogP) is 4.66. The molecule has 0 radical (unpaired) electrons. The number of nitrogens with two attached hydrogens (primary N) is 1. The van der Waals surface area contributed by atoms with Gasteiger partial charge in [-0.05, 0) is 104 Å². The molecule has 2 aromatic heterocycles. The Balaban J connectivity index is 1.32. The van der Waals surface area contributed by atoms with E-state index in [1.807, 2.05) is 6.07 Å². The number of anilines is 1. The van der Waals surface area contributed by atoms with Gasteiger partial charge < -0.3 is 25.8 Å². The molecule has 9 nitrogen and oxygen atoms in total. The summed E-state index contributed by atoms with van der Waals surface area (Å²) in [4.78, 5) is 32.6. The van der Waals surface area contributed by atoms with E-state index in [1.165, 1.54) is 65.5 Å². The van der Waals surface area contributed by atoms with Crippen molar-refractivity contribution in [2.24, 2.45) is 5.73 Å². The number of carbonyl (C=O) groups is 1. The number of pyridine rings is 2. The summed E-state index contributed by atoms with van der Waals surface area (Å²) in [6.07, 6.45) is 7.92. The highest BCUT2D eigenvalue weighted by Gasteiger charge is 2.22. The van der Waals surface area contributed by atoms with Crippen LogP contribution in [0.5, 0.6) is 11.5 Å². The van der Waals surface area contributed by atoms with Crippen molar-refractivity contribution in [2.75, 3.05) is 31.6 Å². The van der Waals surface area contributed by atoms with E-state index in [4.69, 9.17) is 10.5 Å². The van der Waals surface area contributed by atoms with E-state index in [-0.39, 0.29) is 29.5 Å². The van der Waals surface area contributed by atoms with Gasteiger partial charge in [0.2, 0.25) is 0 Å². The SMILES string of the molecule is NC=Cc1ncc(C2CCN(CCO)CC2)cc1Oc1ccc(NC(=O)c2cccn(-c3ccc(F)cc3)c2=O)cc1F. The standard InChI is InChI=1S/C32H31F2N5O4/c33-23-3-6-25(7-4-23)39-13-1-2-26(32(39)42)31(41)37-24-5-8-29(27(34)19-24)43-30-18-22(20-36-28(30)9-12-35)21-10-14-38(15-11-21)16-17-40/h1-9,12-13,18-21,40H,10-11,14-17,35H2,(H,37,41). The van der Waals surface area contributed by atoms with Crippen molar-refractivity contribution in [1.29, 1.82) is 0 Å². The smallest absolute Gasteiger partial charge is 0.267 e. The molecule has 0 spiro atoms. The van der Waals surface area contributed by atoms with Crippen molar-refractivity contribution < 1.29 is 23.4 Å². The summed E-state index contributed by atoms with van der Waals surface area (Å²) in [5.74, 6) is -1.43. The Hall–Kier alpha value is -4.87. The summed E-state index contributed by atoms with van der Waals surface area (Å²) in [6.45, 7) is 2.49. The summed E-state index contributed by atoms with van der Waals surface area (Å²) < 4.78 is 35.7.